The van der Waals surface area contributed by atoms with Crippen molar-refractivity contribution in [2.75, 3.05) is 0 Å². The van der Waals surface area contributed by atoms with Crippen LogP contribution in [-0.2, 0) is 6.42 Å². The van der Waals surface area contributed by atoms with Crippen molar-refractivity contribution in [1.29, 1.82) is 0 Å². The van der Waals surface area contributed by atoms with E-state index >= 15 is 0 Å². The van der Waals surface area contributed by atoms with Crippen molar-refractivity contribution in [2.45, 2.75) is 31.7 Å². The Morgan fingerprint density at radius 3 is 3.25 bits per heavy atom. The van der Waals surface area contributed by atoms with Crippen LogP contribution in [0.4, 0.5) is 0 Å². The highest BCUT2D eigenvalue weighted by Gasteiger charge is 2.11. The number of hydrogen-bond acceptors (Lipinski definition) is 4. The van der Waals surface area contributed by atoms with Gasteiger partial charge in [0.25, 0.3) is 0 Å². The maximum Gasteiger partial charge on any atom is 0.147 e. The molecule has 1 atom stereocenters. The van der Waals surface area contributed by atoms with E-state index in [2.05, 4.69) is 19.9 Å². The molecule has 0 fully saturated rings. The largest absolute Gasteiger partial charge is 0.345 e. The second-order valence-corrected chi connectivity index (χ2v) is 3.02. The summed E-state index contributed by atoms with van der Waals surface area (Å²) in [5.41, 5.74) is 0.902. The van der Waals surface area contributed by atoms with Crippen molar-refractivity contribution in [3.05, 3.63) is 12.0 Å². The van der Waals surface area contributed by atoms with Crippen molar-refractivity contribution in [1.82, 2.24) is 10.4 Å². The van der Waals surface area contributed by atoms with E-state index in [0.29, 0.717) is 6.04 Å². The molecule has 1 aliphatic rings. The van der Waals surface area contributed by atoms with E-state index in [1.165, 1.54) is 6.42 Å². The van der Waals surface area contributed by atoms with Crippen LogP contribution in [0.1, 0.15) is 25.0 Å². The summed E-state index contributed by atoms with van der Waals surface area (Å²) in [6.07, 6.45) is 7.96. The summed E-state index contributed by atoms with van der Waals surface area (Å²) in [5, 5.41) is 7.23. The van der Waals surface area contributed by atoms with Gasteiger partial charge in [0, 0.05) is 11.7 Å². The van der Waals surface area contributed by atoms with Gasteiger partial charge in [-0.25, -0.2) is 0 Å². The Kier molecular flexibility index (Phi) is 2.16. The average molecular weight is 165 g/mol. The Morgan fingerprint density at radius 2 is 2.58 bits per heavy atom. The van der Waals surface area contributed by atoms with Gasteiger partial charge in [0.05, 0.1) is 6.04 Å². The molecule has 0 saturated heterocycles. The van der Waals surface area contributed by atoms with Crippen molar-refractivity contribution in [3.8, 4) is 0 Å². The van der Waals surface area contributed by atoms with E-state index in [4.69, 9.17) is 0 Å². The third-order valence-electron chi connectivity index (χ3n) is 2.04. The molecule has 1 aliphatic heterocycles. The standard InChI is InChI=1S/C8H11N3O/c1-2-4-9-7(3-1)5-8-6-12-11-10-8/h4,6-7H,1-3,5H2. The van der Waals surface area contributed by atoms with Gasteiger partial charge in [0.15, 0.2) is 0 Å². The molecule has 12 heavy (non-hydrogen) atoms. The van der Waals surface area contributed by atoms with Crippen LogP contribution in [0.15, 0.2) is 15.8 Å². The smallest absolute Gasteiger partial charge is 0.147 e. The zero-order valence-electron chi connectivity index (χ0n) is 6.81. The summed E-state index contributed by atoms with van der Waals surface area (Å²) in [6, 6.07) is 0.394. The molecule has 1 aromatic heterocycles. The van der Waals surface area contributed by atoms with Gasteiger partial charge < -0.3 is 4.52 Å². The fourth-order valence-electron chi connectivity index (χ4n) is 1.41. The molecule has 4 nitrogen and oxygen atoms in total. The third-order valence-corrected chi connectivity index (χ3v) is 2.04. The van der Waals surface area contributed by atoms with Gasteiger partial charge in [-0.1, -0.05) is 0 Å². The molecule has 0 radical (unpaired) electrons. The minimum atomic E-state index is 0.394. The fraction of sp³-hybridized carbons (Fsp3) is 0.625. The minimum absolute atomic E-state index is 0.394. The maximum absolute atomic E-state index is 4.64. The minimum Gasteiger partial charge on any atom is -0.345 e. The Balaban J connectivity index is 1.94. The highest BCUT2D eigenvalue weighted by atomic mass is 16.5. The van der Waals surface area contributed by atoms with Crippen LogP contribution in [0.3, 0.4) is 0 Å². The zero-order valence-corrected chi connectivity index (χ0v) is 6.81. The fourth-order valence-corrected chi connectivity index (χ4v) is 1.41. The first kappa shape index (κ1) is 7.46. The van der Waals surface area contributed by atoms with Gasteiger partial charge in [-0.3, -0.25) is 4.99 Å². The molecule has 0 amide bonds. The lowest BCUT2D eigenvalue weighted by Crippen LogP contribution is -2.12. The van der Waals surface area contributed by atoms with Gasteiger partial charge in [0.1, 0.15) is 12.0 Å². The van der Waals surface area contributed by atoms with Gasteiger partial charge in [-0.2, -0.15) is 0 Å². The molecule has 2 heterocycles. The summed E-state index contributed by atoms with van der Waals surface area (Å²) >= 11 is 0. The lowest BCUT2D eigenvalue weighted by molar-refractivity contribution is 0.392. The predicted molar refractivity (Wildman–Crippen MR) is 44.1 cm³/mol. The normalized spacial score (nSPS) is 22.8. The van der Waals surface area contributed by atoms with Crippen LogP contribution in [0, 0.1) is 0 Å². The van der Waals surface area contributed by atoms with Crippen LogP contribution in [0.2, 0.25) is 0 Å². The summed E-state index contributed by atoms with van der Waals surface area (Å²) in [7, 11) is 0. The van der Waals surface area contributed by atoms with Crippen molar-refractivity contribution in [2.24, 2.45) is 4.99 Å². The lowest BCUT2D eigenvalue weighted by Gasteiger charge is -2.13. The molecule has 0 bridgehead atoms. The Bertz CT molecular complexity index is 255. The highest BCUT2D eigenvalue weighted by Crippen LogP contribution is 2.13. The van der Waals surface area contributed by atoms with E-state index in [1.54, 1.807) is 6.26 Å². The third kappa shape index (κ3) is 1.69. The van der Waals surface area contributed by atoms with Gasteiger partial charge >= 0.3 is 0 Å². The molecule has 1 unspecified atom stereocenters. The number of aliphatic imine (C=N–C) groups is 1. The summed E-state index contributed by atoms with van der Waals surface area (Å²) in [4.78, 5) is 4.37. The van der Waals surface area contributed by atoms with E-state index in [-0.39, 0.29) is 0 Å². The molecule has 0 N–H and O–H groups in total. The van der Waals surface area contributed by atoms with Crippen molar-refractivity contribution >= 4 is 6.21 Å². The Morgan fingerprint density at radius 1 is 1.58 bits per heavy atom. The Labute approximate surface area is 70.7 Å². The topological polar surface area (TPSA) is 51.3 Å². The lowest BCUT2D eigenvalue weighted by atomic mass is 10.0. The van der Waals surface area contributed by atoms with Crippen molar-refractivity contribution in [3.63, 3.8) is 0 Å². The summed E-state index contributed by atoms with van der Waals surface area (Å²) in [5.74, 6) is 0. The van der Waals surface area contributed by atoms with Gasteiger partial charge in [0.2, 0.25) is 0 Å². The van der Waals surface area contributed by atoms with Crippen LogP contribution in [0.5, 0.6) is 0 Å². The molecule has 4 heteroatoms. The molecule has 0 aliphatic carbocycles. The monoisotopic (exact) mass is 165 g/mol. The van der Waals surface area contributed by atoms with Crippen LogP contribution < -0.4 is 0 Å². The highest BCUT2D eigenvalue weighted by molar-refractivity contribution is 5.58. The second kappa shape index (κ2) is 3.47. The Hall–Kier alpha value is -1.19. The first-order chi connectivity index (χ1) is 5.95. The number of nitrogens with zero attached hydrogens (tertiary/aromatic N) is 3. The van der Waals surface area contributed by atoms with Crippen LogP contribution >= 0.6 is 0 Å². The first-order valence-corrected chi connectivity index (χ1v) is 4.23. The predicted octanol–water partition coefficient (Wildman–Crippen LogP) is 1.24. The second-order valence-electron chi connectivity index (χ2n) is 3.02. The number of rotatable bonds is 2. The molecule has 0 aromatic carbocycles. The number of aromatic nitrogens is 2. The summed E-state index contributed by atoms with van der Waals surface area (Å²) < 4.78 is 4.64. The van der Waals surface area contributed by atoms with E-state index in [9.17, 15) is 0 Å². The zero-order chi connectivity index (χ0) is 8.23. The first-order valence-electron chi connectivity index (χ1n) is 4.23. The molecular formula is C8H11N3O. The van der Waals surface area contributed by atoms with Crippen LogP contribution in [0.25, 0.3) is 0 Å². The molecular weight excluding hydrogens is 154 g/mol. The van der Waals surface area contributed by atoms with Crippen LogP contribution in [-0.4, -0.2) is 22.6 Å². The molecule has 64 valence electrons. The number of hydrogen-bond donors (Lipinski definition) is 0. The van der Waals surface area contributed by atoms with E-state index < -0.39 is 0 Å². The average Bonchev–Trinajstić information content (AvgIpc) is 2.59. The van der Waals surface area contributed by atoms with Gasteiger partial charge in [-0.05, 0) is 25.5 Å². The van der Waals surface area contributed by atoms with E-state index in [0.717, 1.165) is 25.0 Å². The van der Waals surface area contributed by atoms with Crippen molar-refractivity contribution < 1.29 is 4.52 Å². The molecule has 0 spiro atoms. The summed E-state index contributed by atoms with van der Waals surface area (Å²) in [6.45, 7) is 0. The maximum atomic E-state index is 4.64. The molecule has 1 aromatic rings. The molecule has 0 saturated carbocycles. The SMILES string of the molecule is C1=NC(Cc2conn2)CCC1. The molecule has 2 rings (SSSR count). The van der Waals surface area contributed by atoms with Gasteiger partial charge in [-0.15, -0.1) is 5.10 Å². The quantitative estimate of drug-likeness (QED) is 0.662. The van der Waals surface area contributed by atoms with E-state index in [1.807, 2.05) is 6.21 Å².